The Bertz CT molecular complexity index is 1160. The molecule has 2 aromatic rings. The van der Waals surface area contributed by atoms with Gasteiger partial charge in [-0.3, -0.25) is 0 Å². The van der Waals surface area contributed by atoms with Gasteiger partial charge in [-0.1, -0.05) is 23.9 Å². The standard InChI is InChI=1S/C19H25N3O2S2.C4H4O4/c1-14(20(2)3)13-22-16-8-6-7-9-18(16)25-19-11-10-15(12-17(19)22)26(23,24)21(4)5;5-3(6)1-2-4(7)8/h6-12,14H,13H2,1-5H3;1-2H,(H,5,6)(H,7,8)/p-2/b;2-1-. The van der Waals surface area contributed by atoms with Crippen molar-refractivity contribution < 1.29 is 28.2 Å². The Balaban J connectivity index is 0.000000440. The summed E-state index contributed by atoms with van der Waals surface area (Å²) in [7, 11) is 3.77. The normalized spacial score (nSPS) is 13.8. The Morgan fingerprint density at radius 3 is 2.06 bits per heavy atom. The summed E-state index contributed by atoms with van der Waals surface area (Å²) in [4.78, 5) is 25.8. The van der Waals surface area contributed by atoms with Crippen LogP contribution >= 0.6 is 11.8 Å². The van der Waals surface area contributed by atoms with Crippen molar-refractivity contribution in [3.8, 4) is 0 Å². The first kappa shape index (κ1) is 27.4. The van der Waals surface area contributed by atoms with Crippen LogP contribution in [0, 0.1) is 0 Å². The largest absolute Gasteiger partial charge is 0.545 e. The van der Waals surface area contributed by atoms with Gasteiger partial charge in [-0.2, -0.15) is 0 Å². The van der Waals surface area contributed by atoms with Gasteiger partial charge in [0.15, 0.2) is 0 Å². The van der Waals surface area contributed by atoms with Crippen LogP contribution in [0.5, 0.6) is 0 Å². The van der Waals surface area contributed by atoms with E-state index in [1.165, 1.54) is 9.20 Å². The summed E-state index contributed by atoms with van der Waals surface area (Å²) in [5.74, 6) is -3.09. The van der Waals surface area contributed by atoms with Gasteiger partial charge in [0.25, 0.3) is 0 Å². The van der Waals surface area contributed by atoms with Gasteiger partial charge in [0, 0.05) is 36.5 Å². The summed E-state index contributed by atoms with van der Waals surface area (Å²) in [5.41, 5.74) is 2.07. The Hall–Kier alpha value is -2.86. The van der Waals surface area contributed by atoms with E-state index in [0.717, 1.165) is 22.8 Å². The van der Waals surface area contributed by atoms with Crippen molar-refractivity contribution in [3.05, 3.63) is 54.6 Å². The summed E-state index contributed by atoms with van der Waals surface area (Å²) in [6.45, 7) is 2.95. The number of hydrogen-bond donors (Lipinski definition) is 0. The molecule has 0 saturated carbocycles. The van der Waals surface area contributed by atoms with Gasteiger partial charge >= 0.3 is 0 Å². The molecule has 1 atom stereocenters. The topological polar surface area (TPSA) is 124 Å². The predicted molar refractivity (Wildman–Crippen MR) is 127 cm³/mol. The number of hydrogen-bond acceptors (Lipinski definition) is 9. The molecule has 1 aliphatic rings. The van der Waals surface area contributed by atoms with Crippen LogP contribution in [-0.4, -0.2) is 70.3 Å². The average molecular weight is 506 g/mol. The molecule has 9 nitrogen and oxygen atoms in total. The average Bonchev–Trinajstić information content (AvgIpc) is 2.77. The molecule has 0 radical (unpaired) electrons. The smallest absolute Gasteiger partial charge is 0.242 e. The van der Waals surface area contributed by atoms with Crippen LogP contribution < -0.4 is 15.1 Å². The molecule has 1 heterocycles. The minimum absolute atomic E-state index is 0.313. The van der Waals surface area contributed by atoms with Crippen molar-refractivity contribution >= 4 is 45.1 Å². The van der Waals surface area contributed by atoms with Gasteiger partial charge in [-0.05, 0) is 63.5 Å². The fourth-order valence-corrected chi connectivity index (χ4v) is 4.94. The highest BCUT2D eigenvalue weighted by Gasteiger charge is 2.27. The van der Waals surface area contributed by atoms with Gasteiger partial charge in [0.05, 0.1) is 28.2 Å². The number of carboxylic acids is 2. The number of carbonyl (C=O) groups is 2. The fraction of sp³-hybridized carbons (Fsp3) is 0.304. The van der Waals surface area contributed by atoms with Gasteiger partial charge in [-0.25, -0.2) is 12.7 Å². The highest BCUT2D eigenvalue weighted by atomic mass is 32.2. The number of carbonyl (C=O) groups excluding carboxylic acids is 2. The van der Waals surface area contributed by atoms with E-state index in [2.05, 4.69) is 43.0 Å². The van der Waals surface area contributed by atoms with E-state index < -0.39 is 22.0 Å². The molecule has 3 rings (SSSR count). The van der Waals surface area contributed by atoms with Crippen molar-refractivity contribution in [2.75, 3.05) is 39.6 Å². The molecule has 0 aliphatic carbocycles. The van der Waals surface area contributed by atoms with E-state index in [1.807, 2.05) is 18.2 Å². The molecule has 34 heavy (non-hydrogen) atoms. The molecule has 184 valence electrons. The van der Waals surface area contributed by atoms with E-state index >= 15 is 0 Å². The summed E-state index contributed by atoms with van der Waals surface area (Å²) in [6, 6.07) is 14.0. The van der Waals surface area contributed by atoms with Crippen LogP contribution in [0.1, 0.15) is 6.92 Å². The number of aliphatic carboxylic acids is 2. The van der Waals surface area contributed by atoms with Gasteiger partial charge < -0.3 is 29.6 Å². The molecule has 0 bridgehead atoms. The molecule has 0 aromatic heterocycles. The number of benzene rings is 2. The van der Waals surface area contributed by atoms with Crippen LogP contribution in [0.4, 0.5) is 11.4 Å². The molecule has 0 spiro atoms. The Morgan fingerprint density at radius 2 is 1.53 bits per heavy atom. The van der Waals surface area contributed by atoms with Crippen LogP contribution in [0.2, 0.25) is 0 Å². The third kappa shape index (κ3) is 6.83. The SMILES string of the molecule is CC(CN1c2ccccc2Sc2ccc(S(=O)(=O)N(C)C)cc21)N(C)C.O=C([O-])/C=C\C(=O)[O-]. The van der Waals surface area contributed by atoms with Crippen LogP contribution in [0.15, 0.2) is 69.3 Å². The Labute approximate surface area is 204 Å². The maximum absolute atomic E-state index is 12.6. The first-order valence-corrected chi connectivity index (χ1v) is 12.5. The maximum atomic E-state index is 12.6. The quantitative estimate of drug-likeness (QED) is 0.496. The van der Waals surface area contributed by atoms with Crippen molar-refractivity contribution in [1.29, 1.82) is 0 Å². The monoisotopic (exact) mass is 505 g/mol. The second kappa shape index (κ2) is 11.5. The number of para-hydroxylation sites is 1. The summed E-state index contributed by atoms with van der Waals surface area (Å²) in [5, 5.41) is 18.8. The number of likely N-dealkylation sites (N-methyl/N-ethyl adjacent to an activating group) is 1. The summed E-state index contributed by atoms with van der Waals surface area (Å²) in [6.07, 6.45) is 0.769. The molecule has 0 fully saturated rings. The zero-order valence-electron chi connectivity index (χ0n) is 19.6. The number of carboxylic acid groups (broad SMARTS) is 2. The zero-order valence-corrected chi connectivity index (χ0v) is 21.2. The molecule has 0 saturated heterocycles. The molecule has 1 aliphatic heterocycles. The third-order valence-corrected chi connectivity index (χ3v) is 8.00. The number of rotatable bonds is 7. The van der Waals surface area contributed by atoms with Crippen molar-refractivity contribution in [1.82, 2.24) is 9.21 Å². The van der Waals surface area contributed by atoms with Crippen molar-refractivity contribution in [2.45, 2.75) is 27.7 Å². The molecule has 0 N–H and O–H groups in total. The Morgan fingerprint density at radius 1 is 0.971 bits per heavy atom. The molecule has 0 amide bonds. The number of fused-ring (bicyclic) bond motifs is 2. The fourth-order valence-electron chi connectivity index (χ4n) is 2.94. The van der Waals surface area contributed by atoms with E-state index in [9.17, 15) is 28.2 Å². The summed E-state index contributed by atoms with van der Waals surface area (Å²) < 4.78 is 26.4. The number of sulfonamides is 1. The molecular weight excluding hydrogens is 478 g/mol. The minimum Gasteiger partial charge on any atom is -0.545 e. The third-order valence-electron chi connectivity index (χ3n) is 5.06. The lowest BCUT2D eigenvalue weighted by Gasteiger charge is -2.36. The Kier molecular flexibility index (Phi) is 9.28. The van der Waals surface area contributed by atoms with Crippen molar-refractivity contribution in [2.24, 2.45) is 0 Å². The van der Waals surface area contributed by atoms with Gasteiger partial charge in [0.1, 0.15) is 0 Å². The summed E-state index contributed by atoms with van der Waals surface area (Å²) >= 11 is 1.69. The molecule has 1 unspecified atom stereocenters. The van der Waals surface area contributed by atoms with Gasteiger partial charge in [-0.15, -0.1) is 0 Å². The molecular formula is C23H27N3O6S2-2. The van der Waals surface area contributed by atoms with Crippen LogP contribution in [0.3, 0.4) is 0 Å². The van der Waals surface area contributed by atoms with E-state index in [0.29, 0.717) is 23.1 Å². The number of nitrogens with zero attached hydrogens (tertiary/aromatic N) is 3. The predicted octanol–water partition coefficient (Wildman–Crippen LogP) is 0.532. The first-order chi connectivity index (χ1) is 15.8. The zero-order chi connectivity index (χ0) is 25.6. The molecule has 11 heteroatoms. The highest BCUT2D eigenvalue weighted by Crippen LogP contribution is 2.48. The minimum atomic E-state index is -3.47. The lowest BCUT2D eigenvalue weighted by molar-refractivity contribution is -0.301. The van der Waals surface area contributed by atoms with Crippen molar-refractivity contribution in [3.63, 3.8) is 0 Å². The lowest BCUT2D eigenvalue weighted by atomic mass is 10.2. The molecule has 2 aromatic carbocycles. The van der Waals surface area contributed by atoms with Gasteiger partial charge in [0.2, 0.25) is 10.0 Å². The number of anilines is 2. The van der Waals surface area contributed by atoms with E-state index in [4.69, 9.17) is 0 Å². The second-order valence-corrected chi connectivity index (χ2v) is 11.1. The highest BCUT2D eigenvalue weighted by molar-refractivity contribution is 7.99. The van der Waals surface area contributed by atoms with E-state index in [-0.39, 0.29) is 0 Å². The lowest BCUT2D eigenvalue weighted by Crippen LogP contribution is -2.37. The van der Waals surface area contributed by atoms with E-state index in [1.54, 1.807) is 38.0 Å². The van der Waals surface area contributed by atoms with Crippen LogP contribution in [0.25, 0.3) is 0 Å². The maximum Gasteiger partial charge on any atom is 0.242 e. The van der Waals surface area contributed by atoms with Crippen LogP contribution in [-0.2, 0) is 19.6 Å². The second-order valence-electron chi connectivity index (χ2n) is 7.88. The first-order valence-electron chi connectivity index (χ1n) is 10.2.